The molecule has 1 aromatic carbocycles. The lowest BCUT2D eigenvalue weighted by atomic mass is 10.1. The average Bonchev–Trinajstić information content (AvgIpc) is 2.78. The van der Waals surface area contributed by atoms with Crippen LogP contribution in [-0.2, 0) is 11.2 Å². The Balaban J connectivity index is 0.00000200. The van der Waals surface area contributed by atoms with Crippen LogP contribution >= 0.6 is 24.0 Å². The summed E-state index contributed by atoms with van der Waals surface area (Å²) in [5.74, 6) is -0.597. The summed E-state index contributed by atoms with van der Waals surface area (Å²) in [7, 11) is 0. The Labute approximate surface area is 127 Å². The summed E-state index contributed by atoms with van der Waals surface area (Å²) >= 11 is 5.88. The molecule has 0 radical (unpaired) electrons. The summed E-state index contributed by atoms with van der Waals surface area (Å²) in [6.07, 6.45) is -0.234. The zero-order valence-corrected chi connectivity index (χ0v) is 12.2. The van der Waals surface area contributed by atoms with Gasteiger partial charge in [-0.05, 0) is 24.1 Å². The third-order valence-corrected chi connectivity index (χ3v) is 3.45. The predicted octanol–water partition coefficient (Wildman–Crippen LogP) is 2.26. The lowest BCUT2D eigenvalue weighted by Crippen LogP contribution is -2.41. The van der Waals surface area contributed by atoms with Crippen LogP contribution in [0.15, 0.2) is 18.2 Å². The molecular weight excluding hydrogens is 309 g/mol. The summed E-state index contributed by atoms with van der Waals surface area (Å²) in [6, 6.07) is 3.70. The molecule has 1 aliphatic heterocycles. The highest BCUT2D eigenvalue weighted by Gasteiger charge is 2.28. The van der Waals surface area contributed by atoms with Crippen LogP contribution in [0.2, 0.25) is 5.02 Å². The molecule has 0 aliphatic carbocycles. The summed E-state index contributed by atoms with van der Waals surface area (Å²) < 4.78 is 25.8. The first kappa shape index (κ1) is 17.1. The van der Waals surface area contributed by atoms with E-state index in [1.807, 2.05) is 0 Å². The van der Waals surface area contributed by atoms with E-state index in [-0.39, 0.29) is 37.1 Å². The first-order chi connectivity index (χ1) is 9.06. The molecule has 1 saturated heterocycles. The molecule has 0 aromatic heterocycles. The lowest BCUT2D eigenvalue weighted by Gasteiger charge is -2.11. The molecule has 1 heterocycles. The zero-order chi connectivity index (χ0) is 13.8. The Kier molecular flexibility index (Phi) is 6.65. The van der Waals surface area contributed by atoms with Gasteiger partial charge in [0.15, 0.2) is 0 Å². The van der Waals surface area contributed by atoms with Crippen LogP contribution in [0.5, 0.6) is 0 Å². The number of halogens is 4. The summed E-state index contributed by atoms with van der Waals surface area (Å²) in [5.41, 5.74) is 0.770. The fourth-order valence-electron chi connectivity index (χ4n) is 2.06. The van der Waals surface area contributed by atoms with Crippen LogP contribution in [-0.4, -0.2) is 31.2 Å². The van der Waals surface area contributed by atoms with E-state index in [4.69, 9.17) is 11.6 Å². The normalized spacial score (nSPS) is 21.4. The van der Waals surface area contributed by atoms with Crippen LogP contribution in [0.3, 0.4) is 0 Å². The van der Waals surface area contributed by atoms with E-state index in [0.29, 0.717) is 18.0 Å². The van der Waals surface area contributed by atoms with Gasteiger partial charge < -0.3 is 10.6 Å². The van der Waals surface area contributed by atoms with Crippen molar-refractivity contribution in [2.75, 3.05) is 13.1 Å². The molecule has 0 bridgehead atoms. The van der Waals surface area contributed by atoms with Gasteiger partial charge in [0.05, 0.1) is 6.04 Å². The Morgan fingerprint density at radius 2 is 2.25 bits per heavy atom. The molecule has 2 N–H and O–H groups in total. The van der Waals surface area contributed by atoms with E-state index >= 15 is 0 Å². The molecule has 0 saturated carbocycles. The van der Waals surface area contributed by atoms with Crippen molar-refractivity contribution in [1.29, 1.82) is 0 Å². The van der Waals surface area contributed by atoms with Gasteiger partial charge in [-0.3, -0.25) is 4.79 Å². The molecule has 2 atom stereocenters. The minimum Gasteiger partial charge on any atom is -0.354 e. The van der Waals surface area contributed by atoms with E-state index in [1.165, 1.54) is 12.1 Å². The number of hydrogen-bond donors (Lipinski definition) is 2. The maximum atomic E-state index is 12.9. The maximum absolute atomic E-state index is 12.9. The van der Waals surface area contributed by atoms with E-state index in [1.54, 1.807) is 6.07 Å². The van der Waals surface area contributed by atoms with Crippen LogP contribution in [0.25, 0.3) is 0 Å². The highest BCUT2D eigenvalue weighted by Crippen LogP contribution is 2.17. The maximum Gasteiger partial charge on any atom is 0.237 e. The van der Waals surface area contributed by atoms with Crippen molar-refractivity contribution >= 4 is 29.9 Å². The molecule has 7 heteroatoms. The second-order valence-corrected chi connectivity index (χ2v) is 4.98. The van der Waals surface area contributed by atoms with Gasteiger partial charge in [0, 0.05) is 24.5 Å². The van der Waals surface area contributed by atoms with E-state index < -0.39 is 12.2 Å². The first-order valence-electron chi connectivity index (χ1n) is 6.15. The fourth-order valence-corrected chi connectivity index (χ4v) is 2.32. The van der Waals surface area contributed by atoms with Gasteiger partial charge in [-0.15, -0.1) is 12.4 Å². The number of benzene rings is 1. The predicted molar refractivity (Wildman–Crippen MR) is 76.7 cm³/mol. The largest absolute Gasteiger partial charge is 0.354 e. The van der Waals surface area contributed by atoms with Gasteiger partial charge in [0.1, 0.15) is 12.0 Å². The number of hydrogen-bond acceptors (Lipinski definition) is 2. The standard InChI is InChI=1S/C13H15ClF2N2O.ClH/c14-11-5-9(15)2-1-8(11)3-4-17-13(19)12-6-10(16)7-18-12;/h1-2,5,10,12,18H,3-4,6-7H2,(H,17,19);1H/t10-,12+;/m0./s1. The molecule has 3 nitrogen and oxygen atoms in total. The van der Waals surface area contributed by atoms with Gasteiger partial charge in [-0.1, -0.05) is 17.7 Å². The number of amides is 1. The van der Waals surface area contributed by atoms with Gasteiger partial charge >= 0.3 is 0 Å². The molecule has 112 valence electrons. The quantitative estimate of drug-likeness (QED) is 0.892. The van der Waals surface area contributed by atoms with Crippen LogP contribution in [0.4, 0.5) is 8.78 Å². The van der Waals surface area contributed by atoms with Gasteiger partial charge in [-0.25, -0.2) is 8.78 Å². The smallest absolute Gasteiger partial charge is 0.237 e. The molecule has 1 fully saturated rings. The second-order valence-electron chi connectivity index (χ2n) is 4.57. The zero-order valence-electron chi connectivity index (χ0n) is 10.7. The van der Waals surface area contributed by atoms with Crippen LogP contribution in [0, 0.1) is 5.82 Å². The number of rotatable bonds is 4. The van der Waals surface area contributed by atoms with Gasteiger partial charge in [0.25, 0.3) is 0 Å². The van der Waals surface area contributed by atoms with Crippen molar-refractivity contribution in [2.24, 2.45) is 0 Å². The van der Waals surface area contributed by atoms with E-state index in [9.17, 15) is 13.6 Å². The van der Waals surface area contributed by atoms with Gasteiger partial charge in [0.2, 0.25) is 5.91 Å². The molecule has 0 spiro atoms. The third kappa shape index (κ3) is 4.58. The molecule has 1 amide bonds. The highest BCUT2D eigenvalue weighted by molar-refractivity contribution is 6.31. The monoisotopic (exact) mass is 324 g/mol. The Morgan fingerprint density at radius 3 is 2.85 bits per heavy atom. The SMILES string of the molecule is Cl.O=C(NCCc1ccc(F)cc1Cl)[C@H]1C[C@H](F)CN1. The molecule has 1 aromatic rings. The summed E-state index contributed by atoms with van der Waals surface area (Å²) in [6.45, 7) is 0.612. The molecular formula is C13H16Cl2F2N2O. The molecule has 2 rings (SSSR count). The Morgan fingerprint density at radius 1 is 1.50 bits per heavy atom. The van der Waals surface area contributed by atoms with Crippen LogP contribution < -0.4 is 10.6 Å². The number of alkyl halides is 1. The van der Waals surface area contributed by atoms with Crippen molar-refractivity contribution in [3.63, 3.8) is 0 Å². The number of nitrogens with one attached hydrogen (secondary N) is 2. The van der Waals surface area contributed by atoms with E-state index in [2.05, 4.69) is 10.6 Å². The molecule has 0 unspecified atom stereocenters. The Hall–Kier alpha value is -0.910. The lowest BCUT2D eigenvalue weighted by molar-refractivity contribution is -0.122. The minimum atomic E-state index is -0.956. The van der Waals surface area contributed by atoms with E-state index in [0.717, 1.165) is 5.56 Å². The van der Waals surface area contributed by atoms with Gasteiger partial charge in [-0.2, -0.15) is 0 Å². The minimum absolute atomic E-state index is 0. The third-order valence-electron chi connectivity index (χ3n) is 3.10. The number of carbonyl (C=O) groups is 1. The Bertz CT molecular complexity index is 474. The molecule has 1 aliphatic rings. The van der Waals surface area contributed by atoms with Crippen molar-refractivity contribution in [3.8, 4) is 0 Å². The number of carbonyl (C=O) groups excluding carboxylic acids is 1. The molecule has 20 heavy (non-hydrogen) atoms. The van der Waals surface area contributed by atoms with Crippen molar-refractivity contribution in [2.45, 2.75) is 25.1 Å². The van der Waals surface area contributed by atoms with Crippen molar-refractivity contribution < 1.29 is 13.6 Å². The fraction of sp³-hybridized carbons (Fsp3) is 0.462. The highest BCUT2D eigenvalue weighted by atomic mass is 35.5. The summed E-state index contributed by atoms with van der Waals surface area (Å²) in [4.78, 5) is 11.7. The average molecular weight is 325 g/mol. The van der Waals surface area contributed by atoms with Crippen molar-refractivity contribution in [3.05, 3.63) is 34.6 Å². The summed E-state index contributed by atoms with van der Waals surface area (Å²) in [5, 5.41) is 5.87. The van der Waals surface area contributed by atoms with Crippen molar-refractivity contribution in [1.82, 2.24) is 10.6 Å². The topological polar surface area (TPSA) is 41.1 Å². The second kappa shape index (κ2) is 7.76. The van der Waals surface area contributed by atoms with Crippen LogP contribution in [0.1, 0.15) is 12.0 Å². The first-order valence-corrected chi connectivity index (χ1v) is 6.53.